The van der Waals surface area contributed by atoms with Crippen LogP contribution in [0.4, 0.5) is 15.8 Å². The van der Waals surface area contributed by atoms with Crippen LogP contribution in [-0.4, -0.2) is 29.9 Å². The first-order valence-corrected chi connectivity index (χ1v) is 10.6. The summed E-state index contributed by atoms with van der Waals surface area (Å²) in [6.07, 6.45) is 1.76. The number of pyridine rings is 1. The van der Waals surface area contributed by atoms with E-state index in [-0.39, 0.29) is 37.1 Å². The van der Waals surface area contributed by atoms with Crippen LogP contribution in [0.3, 0.4) is 0 Å². The van der Waals surface area contributed by atoms with E-state index < -0.39 is 5.92 Å². The molecule has 1 aromatic heterocycles. The second-order valence-corrected chi connectivity index (χ2v) is 7.53. The van der Waals surface area contributed by atoms with Crippen molar-refractivity contribution < 1.29 is 18.7 Å². The first-order chi connectivity index (χ1) is 15.6. The van der Waals surface area contributed by atoms with Crippen LogP contribution in [0.2, 0.25) is 0 Å². The molecule has 32 heavy (non-hydrogen) atoms. The van der Waals surface area contributed by atoms with E-state index in [0.29, 0.717) is 29.4 Å². The molecule has 164 valence electrons. The third kappa shape index (κ3) is 4.61. The zero-order chi connectivity index (χ0) is 22.5. The zero-order valence-electron chi connectivity index (χ0n) is 17.8. The highest BCUT2D eigenvalue weighted by molar-refractivity contribution is 6.05. The van der Waals surface area contributed by atoms with Crippen LogP contribution in [0.15, 0.2) is 72.9 Å². The molecule has 0 N–H and O–H groups in total. The van der Waals surface area contributed by atoms with E-state index in [0.717, 1.165) is 0 Å². The molecule has 1 fully saturated rings. The van der Waals surface area contributed by atoms with E-state index in [9.17, 15) is 14.0 Å². The third-order valence-electron chi connectivity index (χ3n) is 5.38. The molecule has 1 aliphatic rings. The Hall–Kier alpha value is -3.74. The Morgan fingerprint density at radius 1 is 1.12 bits per heavy atom. The molecule has 3 aromatic rings. The number of anilines is 2. The summed E-state index contributed by atoms with van der Waals surface area (Å²) in [5.41, 5.74) is 1.92. The van der Waals surface area contributed by atoms with Crippen molar-refractivity contribution in [1.29, 1.82) is 0 Å². The van der Waals surface area contributed by atoms with Crippen molar-refractivity contribution in [2.75, 3.05) is 23.0 Å². The van der Waals surface area contributed by atoms with Gasteiger partial charge in [-0.05, 0) is 55.5 Å². The molecule has 1 aliphatic heterocycles. The van der Waals surface area contributed by atoms with Gasteiger partial charge < -0.3 is 14.5 Å². The molecule has 0 bridgehead atoms. The Labute approximate surface area is 186 Å². The molecule has 4 rings (SSSR count). The SMILES string of the molecule is CCOc1ccccc1N1CC(C(=O)N(Cc2ccccn2)c2ccc(F)cc2)CC1=O. The molecule has 1 saturated heterocycles. The van der Waals surface area contributed by atoms with Crippen molar-refractivity contribution in [2.24, 2.45) is 5.92 Å². The van der Waals surface area contributed by atoms with Gasteiger partial charge in [0.25, 0.3) is 0 Å². The van der Waals surface area contributed by atoms with Crippen LogP contribution in [0.25, 0.3) is 0 Å². The average molecular weight is 433 g/mol. The number of rotatable bonds is 7. The lowest BCUT2D eigenvalue weighted by atomic mass is 10.1. The van der Waals surface area contributed by atoms with Gasteiger partial charge >= 0.3 is 0 Å². The van der Waals surface area contributed by atoms with Crippen molar-refractivity contribution in [2.45, 2.75) is 19.9 Å². The Kier molecular flexibility index (Phi) is 6.44. The topological polar surface area (TPSA) is 62.7 Å². The summed E-state index contributed by atoms with van der Waals surface area (Å²) in [4.78, 5) is 33.9. The minimum absolute atomic E-state index is 0.0964. The molecule has 1 atom stereocenters. The second kappa shape index (κ2) is 9.60. The largest absolute Gasteiger partial charge is 0.492 e. The number of hydrogen-bond donors (Lipinski definition) is 0. The maximum absolute atomic E-state index is 13.6. The standard InChI is InChI=1S/C25H24FN3O3/c1-2-32-23-9-4-3-8-22(23)29-16-18(15-24(29)30)25(31)28(17-20-7-5-6-14-27-20)21-12-10-19(26)11-13-21/h3-14,18H,2,15-17H2,1H3. The first kappa shape index (κ1) is 21.5. The van der Waals surface area contributed by atoms with E-state index in [1.807, 2.05) is 43.3 Å². The number of carbonyl (C=O) groups is 2. The van der Waals surface area contributed by atoms with Gasteiger partial charge in [-0.1, -0.05) is 18.2 Å². The lowest BCUT2D eigenvalue weighted by molar-refractivity contribution is -0.124. The molecule has 0 spiro atoms. The van der Waals surface area contributed by atoms with Crippen molar-refractivity contribution in [3.63, 3.8) is 0 Å². The Balaban J connectivity index is 1.60. The Morgan fingerprint density at radius 2 is 1.88 bits per heavy atom. The van der Waals surface area contributed by atoms with E-state index in [1.165, 1.54) is 12.1 Å². The fourth-order valence-corrected chi connectivity index (χ4v) is 3.86. The van der Waals surface area contributed by atoms with E-state index in [1.54, 1.807) is 34.2 Å². The number of amides is 2. The average Bonchev–Trinajstić information content (AvgIpc) is 3.20. The van der Waals surface area contributed by atoms with Crippen LogP contribution in [0, 0.1) is 11.7 Å². The highest BCUT2D eigenvalue weighted by Gasteiger charge is 2.38. The van der Waals surface area contributed by atoms with Gasteiger partial charge in [0.05, 0.1) is 30.5 Å². The number of aromatic nitrogens is 1. The highest BCUT2D eigenvalue weighted by Crippen LogP contribution is 2.34. The van der Waals surface area contributed by atoms with Gasteiger partial charge in [0, 0.05) is 24.8 Å². The van der Waals surface area contributed by atoms with Crippen LogP contribution in [-0.2, 0) is 16.1 Å². The molecule has 1 unspecified atom stereocenters. The minimum Gasteiger partial charge on any atom is -0.492 e. The van der Waals surface area contributed by atoms with Crippen LogP contribution >= 0.6 is 0 Å². The molecule has 0 aliphatic carbocycles. The van der Waals surface area contributed by atoms with Crippen molar-refractivity contribution in [3.8, 4) is 5.75 Å². The Morgan fingerprint density at radius 3 is 2.59 bits per heavy atom. The Bertz CT molecular complexity index is 1090. The number of halogens is 1. The quantitative estimate of drug-likeness (QED) is 0.560. The molecule has 2 amide bonds. The molecule has 2 heterocycles. The summed E-state index contributed by atoms with van der Waals surface area (Å²) in [6, 6.07) is 18.6. The van der Waals surface area contributed by atoms with E-state index >= 15 is 0 Å². The normalized spacial score (nSPS) is 15.6. The summed E-state index contributed by atoms with van der Waals surface area (Å²) in [5, 5.41) is 0. The van der Waals surface area contributed by atoms with E-state index in [2.05, 4.69) is 4.98 Å². The van der Waals surface area contributed by atoms with Gasteiger partial charge in [0.15, 0.2) is 0 Å². The van der Waals surface area contributed by atoms with Crippen LogP contribution in [0.1, 0.15) is 19.0 Å². The first-order valence-electron chi connectivity index (χ1n) is 10.6. The molecule has 0 radical (unpaired) electrons. The highest BCUT2D eigenvalue weighted by atomic mass is 19.1. The molecular weight excluding hydrogens is 409 g/mol. The van der Waals surface area contributed by atoms with Gasteiger partial charge in [-0.3, -0.25) is 14.6 Å². The van der Waals surface area contributed by atoms with Gasteiger partial charge in [0.1, 0.15) is 11.6 Å². The molecule has 2 aromatic carbocycles. The number of para-hydroxylation sites is 2. The molecule has 0 saturated carbocycles. The maximum atomic E-state index is 13.6. The summed E-state index contributed by atoms with van der Waals surface area (Å²) >= 11 is 0. The number of ether oxygens (including phenoxy) is 1. The van der Waals surface area contributed by atoms with E-state index in [4.69, 9.17) is 4.74 Å². The van der Waals surface area contributed by atoms with Gasteiger partial charge in [-0.15, -0.1) is 0 Å². The zero-order valence-corrected chi connectivity index (χ0v) is 17.8. The smallest absolute Gasteiger partial charge is 0.232 e. The van der Waals surface area contributed by atoms with Crippen LogP contribution in [0.5, 0.6) is 5.75 Å². The van der Waals surface area contributed by atoms with Gasteiger partial charge in [-0.25, -0.2) is 4.39 Å². The maximum Gasteiger partial charge on any atom is 0.232 e. The number of carbonyl (C=O) groups excluding carboxylic acids is 2. The summed E-state index contributed by atoms with van der Waals surface area (Å²) in [6.45, 7) is 2.84. The minimum atomic E-state index is -0.536. The molecular formula is C25H24FN3O3. The summed E-state index contributed by atoms with van der Waals surface area (Å²) < 4.78 is 19.2. The molecule has 7 heteroatoms. The fourth-order valence-electron chi connectivity index (χ4n) is 3.86. The lowest BCUT2D eigenvalue weighted by Gasteiger charge is -2.26. The summed E-state index contributed by atoms with van der Waals surface area (Å²) in [7, 11) is 0. The van der Waals surface area contributed by atoms with Crippen LogP contribution < -0.4 is 14.5 Å². The monoisotopic (exact) mass is 433 g/mol. The second-order valence-electron chi connectivity index (χ2n) is 7.53. The lowest BCUT2D eigenvalue weighted by Crippen LogP contribution is -2.37. The summed E-state index contributed by atoms with van der Waals surface area (Å²) in [5.74, 6) is -0.639. The predicted molar refractivity (Wildman–Crippen MR) is 120 cm³/mol. The third-order valence-corrected chi connectivity index (χ3v) is 5.38. The van der Waals surface area contributed by atoms with Gasteiger partial charge in [0.2, 0.25) is 11.8 Å². The fraction of sp³-hybridized carbons (Fsp3) is 0.240. The number of hydrogen-bond acceptors (Lipinski definition) is 4. The number of benzene rings is 2. The van der Waals surface area contributed by atoms with Crippen molar-refractivity contribution in [1.82, 2.24) is 4.98 Å². The predicted octanol–water partition coefficient (Wildman–Crippen LogP) is 4.21. The van der Waals surface area contributed by atoms with Crippen molar-refractivity contribution >= 4 is 23.2 Å². The number of nitrogens with zero attached hydrogens (tertiary/aromatic N) is 3. The van der Waals surface area contributed by atoms with Gasteiger partial charge in [-0.2, -0.15) is 0 Å². The molecule has 6 nitrogen and oxygen atoms in total. The van der Waals surface area contributed by atoms with Crippen molar-refractivity contribution in [3.05, 3.63) is 84.4 Å².